The molecule has 3 nitrogen and oxygen atoms in total. The second kappa shape index (κ2) is 3.63. The number of phenolic OH excluding ortho intramolecular Hbond substituents is 1. The average molecular weight is 226 g/mol. The van der Waals surface area contributed by atoms with Crippen LogP contribution in [0.3, 0.4) is 0 Å². The Labute approximate surface area is 93.5 Å². The van der Waals surface area contributed by atoms with Crippen molar-refractivity contribution in [3.8, 4) is 11.5 Å². The Hall–Kier alpha value is -1.29. The Bertz CT molecular complexity index is 425. The van der Waals surface area contributed by atoms with E-state index in [1.807, 2.05) is 6.92 Å². The second-order valence-corrected chi connectivity index (χ2v) is 4.16. The first-order valence-corrected chi connectivity index (χ1v) is 5.34. The van der Waals surface area contributed by atoms with E-state index in [-0.39, 0.29) is 11.3 Å². The van der Waals surface area contributed by atoms with E-state index < -0.39 is 17.2 Å². The van der Waals surface area contributed by atoms with Crippen LogP contribution in [0.1, 0.15) is 30.9 Å². The standard InChI is InChI=1S/C12H15FO3/c1-3-7-6-8(12(15)4-5-12)10(14)9(13)11(7)16-2/h6,14-15H,3-5H2,1-2H3. The molecule has 2 rings (SSSR count). The Morgan fingerprint density at radius 1 is 1.50 bits per heavy atom. The summed E-state index contributed by atoms with van der Waals surface area (Å²) in [6.45, 7) is 1.87. The summed E-state index contributed by atoms with van der Waals surface area (Å²) in [5.74, 6) is -1.21. The summed E-state index contributed by atoms with van der Waals surface area (Å²) in [6.07, 6.45) is 1.72. The van der Waals surface area contributed by atoms with Crippen molar-refractivity contribution in [1.29, 1.82) is 0 Å². The molecule has 0 amide bonds. The lowest BCUT2D eigenvalue weighted by molar-refractivity contribution is 0.146. The number of methoxy groups -OCH3 is 1. The highest BCUT2D eigenvalue weighted by Crippen LogP contribution is 2.50. The number of ether oxygens (including phenoxy) is 1. The molecule has 1 fully saturated rings. The van der Waals surface area contributed by atoms with Gasteiger partial charge in [-0.2, -0.15) is 4.39 Å². The van der Waals surface area contributed by atoms with Gasteiger partial charge in [-0.25, -0.2) is 0 Å². The highest BCUT2D eigenvalue weighted by Gasteiger charge is 2.45. The van der Waals surface area contributed by atoms with Crippen LogP contribution in [0.15, 0.2) is 6.07 Å². The fourth-order valence-electron chi connectivity index (χ4n) is 1.90. The topological polar surface area (TPSA) is 49.7 Å². The molecule has 0 heterocycles. The Balaban J connectivity index is 2.60. The molecule has 0 aliphatic heterocycles. The fourth-order valence-corrected chi connectivity index (χ4v) is 1.90. The first-order chi connectivity index (χ1) is 7.53. The zero-order valence-electron chi connectivity index (χ0n) is 9.38. The van der Waals surface area contributed by atoms with Crippen molar-refractivity contribution in [1.82, 2.24) is 0 Å². The number of hydrogen-bond donors (Lipinski definition) is 2. The zero-order chi connectivity index (χ0) is 11.9. The molecular formula is C12H15FO3. The maximum absolute atomic E-state index is 13.8. The zero-order valence-corrected chi connectivity index (χ0v) is 9.38. The summed E-state index contributed by atoms with van der Waals surface area (Å²) in [5.41, 5.74) is -0.100. The maximum Gasteiger partial charge on any atom is 0.207 e. The lowest BCUT2D eigenvalue weighted by Gasteiger charge is -2.16. The quantitative estimate of drug-likeness (QED) is 0.829. The van der Waals surface area contributed by atoms with Crippen molar-refractivity contribution in [2.75, 3.05) is 7.11 Å². The number of aliphatic hydroxyl groups is 1. The predicted octanol–water partition coefficient (Wildman–Crippen LogP) is 2.08. The van der Waals surface area contributed by atoms with E-state index in [1.54, 1.807) is 6.07 Å². The van der Waals surface area contributed by atoms with Gasteiger partial charge in [0.25, 0.3) is 0 Å². The summed E-state index contributed by atoms with van der Waals surface area (Å²) in [4.78, 5) is 0. The number of hydrogen-bond acceptors (Lipinski definition) is 3. The van der Waals surface area contributed by atoms with Crippen LogP contribution < -0.4 is 4.74 Å². The van der Waals surface area contributed by atoms with Gasteiger partial charge in [0, 0.05) is 5.56 Å². The SMILES string of the molecule is CCc1cc(C2(O)CC2)c(O)c(F)c1OC. The molecule has 2 N–H and O–H groups in total. The molecular weight excluding hydrogens is 211 g/mol. The molecule has 1 aliphatic carbocycles. The third-order valence-corrected chi connectivity index (χ3v) is 3.08. The summed E-state index contributed by atoms with van der Waals surface area (Å²) in [7, 11) is 1.36. The molecule has 16 heavy (non-hydrogen) atoms. The second-order valence-electron chi connectivity index (χ2n) is 4.16. The third-order valence-electron chi connectivity index (χ3n) is 3.08. The van der Waals surface area contributed by atoms with Gasteiger partial charge >= 0.3 is 0 Å². The summed E-state index contributed by atoms with van der Waals surface area (Å²) >= 11 is 0. The van der Waals surface area contributed by atoms with Crippen LogP contribution in [0, 0.1) is 5.82 Å². The number of halogens is 1. The Morgan fingerprint density at radius 3 is 2.56 bits per heavy atom. The minimum Gasteiger partial charge on any atom is -0.504 e. The lowest BCUT2D eigenvalue weighted by atomic mass is 10.0. The highest BCUT2D eigenvalue weighted by molar-refractivity contribution is 5.51. The molecule has 0 atom stereocenters. The van der Waals surface area contributed by atoms with Gasteiger partial charge in [-0.3, -0.25) is 0 Å². The van der Waals surface area contributed by atoms with Crippen LogP contribution in [0.4, 0.5) is 4.39 Å². The first kappa shape index (κ1) is 11.2. The maximum atomic E-state index is 13.8. The highest BCUT2D eigenvalue weighted by atomic mass is 19.1. The van der Waals surface area contributed by atoms with Crippen LogP contribution in [0.25, 0.3) is 0 Å². The third kappa shape index (κ3) is 1.53. The van der Waals surface area contributed by atoms with Crippen molar-refractivity contribution in [2.45, 2.75) is 31.8 Å². The molecule has 0 saturated heterocycles. The van der Waals surface area contributed by atoms with Crippen LogP contribution in [-0.2, 0) is 12.0 Å². The minimum atomic E-state index is -1.04. The van der Waals surface area contributed by atoms with E-state index in [0.29, 0.717) is 24.8 Å². The van der Waals surface area contributed by atoms with Crippen LogP contribution in [-0.4, -0.2) is 17.3 Å². The van der Waals surface area contributed by atoms with E-state index in [0.717, 1.165) is 0 Å². The number of phenols is 1. The Kier molecular flexibility index (Phi) is 2.54. The smallest absolute Gasteiger partial charge is 0.207 e. The van der Waals surface area contributed by atoms with Gasteiger partial charge in [0.1, 0.15) is 0 Å². The van der Waals surface area contributed by atoms with Crippen molar-refractivity contribution >= 4 is 0 Å². The molecule has 1 aliphatic rings. The molecule has 0 bridgehead atoms. The largest absolute Gasteiger partial charge is 0.504 e. The monoisotopic (exact) mass is 226 g/mol. The van der Waals surface area contributed by atoms with Gasteiger partial charge in [0.05, 0.1) is 12.7 Å². The van der Waals surface area contributed by atoms with Gasteiger partial charge < -0.3 is 14.9 Å². The van der Waals surface area contributed by atoms with Crippen LogP contribution in [0.5, 0.6) is 11.5 Å². The van der Waals surface area contributed by atoms with Gasteiger partial charge in [-0.05, 0) is 30.9 Å². The summed E-state index contributed by atoms with van der Waals surface area (Å²) in [5, 5.41) is 19.6. The lowest BCUT2D eigenvalue weighted by Crippen LogP contribution is -2.08. The summed E-state index contributed by atoms with van der Waals surface area (Å²) < 4.78 is 18.7. The molecule has 0 radical (unpaired) electrons. The first-order valence-electron chi connectivity index (χ1n) is 5.34. The normalized spacial score (nSPS) is 17.2. The average Bonchev–Trinajstić information content (AvgIpc) is 3.01. The van der Waals surface area contributed by atoms with E-state index in [4.69, 9.17) is 4.74 Å². The fraction of sp³-hybridized carbons (Fsp3) is 0.500. The van der Waals surface area contributed by atoms with Gasteiger partial charge in [-0.1, -0.05) is 6.92 Å². The molecule has 1 saturated carbocycles. The molecule has 0 unspecified atom stereocenters. The van der Waals surface area contributed by atoms with E-state index in [1.165, 1.54) is 7.11 Å². The van der Waals surface area contributed by atoms with Crippen LogP contribution in [0.2, 0.25) is 0 Å². The van der Waals surface area contributed by atoms with Crippen LogP contribution >= 0.6 is 0 Å². The molecule has 0 spiro atoms. The molecule has 88 valence electrons. The molecule has 0 aromatic heterocycles. The van der Waals surface area contributed by atoms with Crippen molar-refractivity contribution in [3.05, 3.63) is 23.0 Å². The van der Waals surface area contributed by atoms with Crippen molar-refractivity contribution in [2.24, 2.45) is 0 Å². The van der Waals surface area contributed by atoms with Gasteiger partial charge in [0.2, 0.25) is 5.82 Å². The number of rotatable bonds is 3. The predicted molar refractivity (Wildman–Crippen MR) is 57.1 cm³/mol. The number of benzene rings is 1. The van der Waals surface area contributed by atoms with Gasteiger partial charge in [0.15, 0.2) is 11.5 Å². The van der Waals surface area contributed by atoms with E-state index in [9.17, 15) is 14.6 Å². The minimum absolute atomic E-state index is 0.0630. The molecule has 1 aromatic rings. The molecule has 4 heteroatoms. The number of aromatic hydroxyl groups is 1. The van der Waals surface area contributed by atoms with E-state index in [2.05, 4.69) is 0 Å². The van der Waals surface area contributed by atoms with Gasteiger partial charge in [-0.15, -0.1) is 0 Å². The van der Waals surface area contributed by atoms with E-state index >= 15 is 0 Å². The Morgan fingerprint density at radius 2 is 2.12 bits per heavy atom. The number of aryl methyl sites for hydroxylation is 1. The van der Waals surface area contributed by atoms with Crippen molar-refractivity contribution in [3.63, 3.8) is 0 Å². The summed E-state index contributed by atoms with van der Waals surface area (Å²) in [6, 6.07) is 1.63. The molecule has 1 aromatic carbocycles. The van der Waals surface area contributed by atoms with Crippen molar-refractivity contribution < 1.29 is 19.3 Å².